The van der Waals surface area contributed by atoms with E-state index >= 15 is 0 Å². The Balaban J connectivity index is 1.95. The molecule has 0 aromatic rings. The highest BCUT2D eigenvalue weighted by Crippen LogP contribution is 2.34. The van der Waals surface area contributed by atoms with E-state index in [1.807, 2.05) is 4.90 Å². The normalized spacial score (nSPS) is 23.0. The summed E-state index contributed by atoms with van der Waals surface area (Å²) in [4.78, 5) is 16.8. The Morgan fingerprint density at radius 2 is 1.79 bits per heavy atom. The third-order valence-electron chi connectivity index (χ3n) is 5.00. The number of piperidine rings is 1. The van der Waals surface area contributed by atoms with Crippen LogP contribution in [-0.2, 0) is 4.79 Å². The molecule has 0 aromatic carbocycles. The van der Waals surface area contributed by atoms with Crippen molar-refractivity contribution in [2.24, 2.45) is 5.73 Å². The highest BCUT2D eigenvalue weighted by molar-refractivity contribution is 5.78. The van der Waals surface area contributed by atoms with Gasteiger partial charge in [-0.1, -0.05) is 19.8 Å². The Labute approximate surface area is 117 Å². The van der Waals surface area contributed by atoms with Crippen molar-refractivity contribution in [1.82, 2.24) is 9.80 Å². The number of likely N-dealkylation sites (tertiary alicyclic amines) is 1. The van der Waals surface area contributed by atoms with Gasteiger partial charge in [0, 0.05) is 25.2 Å². The van der Waals surface area contributed by atoms with Crippen molar-refractivity contribution in [2.75, 3.05) is 32.7 Å². The van der Waals surface area contributed by atoms with E-state index in [0.717, 1.165) is 32.5 Å². The summed E-state index contributed by atoms with van der Waals surface area (Å²) in [6.07, 6.45) is 8.43. The molecule has 2 N–H and O–H groups in total. The first-order valence-electron chi connectivity index (χ1n) is 7.95. The maximum atomic E-state index is 12.4. The lowest BCUT2D eigenvalue weighted by Gasteiger charge is -2.41. The quantitative estimate of drug-likeness (QED) is 0.823. The lowest BCUT2D eigenvalue weighted by molar-refractivity contribution is -0.134. The number of carbonyl (C=O) groups excluding carboxylic acids is 1. The zero-order chi connectivity index (χ0) is 13.7. The molecule has 0 radical (unpaired) electrons. The van der Waals surface area contributed by atoms with Gasteiger partial charge in [0.2, 0.25) is 5.91 Å². The standard InChI is InChI=1S/C15H29N3O/c1-2-18(15(13-16)8-4-5-9-15)12-14(19)17-10-6-3-7-11-17/h2-13,16H2,1H3. The number of rotatable bonds is 5. The van der Waals surface area contributed by atoms with Gasteiger partial charge < -0.3 is 10.6 Å². The summed E-state index contributed by atoms with van der Waals surface area (Å²) in [5, 5.41) is 0. The summed E-state index contributed by atoms with van der Waals surface area (Å²) >= 11 is 0. The van der Waals surface area contributed by atoms with Crippen LogP contribution in [0.5, 0.6) is 0 Å². The average molecular weight is 267 g/mol. The molecule has 110 valence electrons. The molecule has 0 spiro atoms. The second-order valence-electron chi connectivity index (χ2n) is 6.09. The van der Waals surface area contributed by atoms with E-state index in [1.165, 1.54) is 32.1 Å². The first-order valence-corrected chi connectivity index (χ1v) is 7.95. The summed E-state index contributed by atoms with van der Waals surface area (Å²) < 4.78 is 0. The van der Waals surface area contributed by atoms with Crippen LogP contribution in [0, 0.1) is 0 Å². The molecular weight excluding hydrogens is 238 g/mol. The zero-order valence-corrected chi connectivity index (χ0v) is 12.4. The van der Waals surface area contributed by atoms with Gasteiger partial charge in [0.1, 0.15) is 0 Å². The number of likely N-dealkylation sites (N-methyl/N-ethyl adjacent to an activating group) is 1. The molecule has 4 nitrogen and oxygen atoms in total. The van der Waals surface area contributed by atoms with E-state index in [9.17, 15) is 4.79 Å². The van der Waals surface area contributed by atoms with Gasteiger partial charge in [-0.3, -0.25) is 9.69 Å². The van der Waals surface area contributed by atoms with Crippen molar-refractivity contribution >= 4 is 5.91 Å². The summed E-state index contributed by atoms with van der Waals surface area (Å²) in [7, 11) is 0. The molecule has 0 bridgehead atoms. The smallest absolute Gasteiger partial charge is 0.236 e. The molecule has 2 rings (SSSR count). The molecular formula is C15H29N3O. The van der Waals surface area contributed by atoms with Crippen molar-refractivity contribution in [1.29, 1.82) is 0 Å². The second kappa shape index (κ2) is 6.71. The molecule has 1 aliphatic heterocycles. The van der Waals surface area contributed by atoms with E-state index in [2.05, 4.69) is 11.8 Å². The van der Waals surface area contributed by atoms with E-state index < -0.39 is 0 Å². The number of carbonyl (C=O) groups is 1. The first-order chi connectivity index (χ1) is 9.22. The van der Waals surface area contributed by atoms with E-state index in [4.69, 9.17) is 5.73 Å². The number of nitrogens with two attached hydrogens (primary N) is 1. The summed E-state index contributed by atoms with van der Waals surface area (Å²) in [5.41, 5.74) is 6.13. The summed E-state index contributed by atoms with van der Waals surface area (Å²) in [6.45, 7) is 6.23. The molecule has 1 saturated heterocycles. The van der Waals surface area contributed by atoms with Crippen LogP contribution in [-0.4, -0.2) is 54.0 Å². The predicted molar refractivity (Wildman–Crippen MR) is 77.9 cm³/mol. The highest BCUT2D eigenvalue weighted by Gasteiger charge is 2.38. The predicted octanol–water partition coefficient (Wildman–Crippen LogP) is 1.59. The molecule has 0 aromatic heterocycles. The summed E-state index contributed by atoms with van der Waals surface area (Å²) in [6, 6.07) is 0. The Morgan fingerprint density at radius 1 is 1.16 bits per heavy atom. The van der Waals surface area contributed by atoms with E-state index in [-0.39, 0.29) is 5.54 Å². The van der Waals surface area contributed by atoms with Gasteiger partial charge >= 0.3 is 0 Å². The number of amides is 1. The topological polar surface area (TPSA) is 49.6 Å². The van der Waals surface area contributed by atoms with Crippen molar-refractivity contribution in [3.05, 3.63) is 0 Å². The molecule has 4 heteroatoms. The molecule has 1 heterocycles. The van der Waals surface area contributed by atoms with Crippen LogP contribution in [0.1, 0.15) is 51.9 Å². The maximum Gasteiger partial charge on any atom is 0.236 e. The zero-order valence-electron chi connectivity index (χ0n) is 12.4. The minimum absolute atomic E-state index is 0.0974. The molecule has 2 aliphatic rings. The van der Waals surface area contributed by atoms with Gasteiger partial charge in [0.15, 0.2) is 0 Å². The van der Waals surface area contributed by atoms with Crippen LogP contribution in [0.3, 0.4) is 0 Å². The average Bonchev–Trinajstić information content (AvgIpc) is 2.95. The van der Waals surface area contributed by atoms with Crippen LogP contribution in [0.15, 0.2) is 0 Å². The fourth-order valence-electron chi connectivity index (χ4n) is 3.70. The van der Waals surface area contributed by atoms with Crippen LogP contribution in [0.25, 0.3) is 0 Å². The van der Waals surface area contributed by atoms with Gasteiger partial charge in [-0.05, 0) is 38.6 Å². The van der Waals surface area contributed by atoms with Gasteiger partial charge in [-0.2, -0.15) is 0 Å². The third kappa shape index (κ3) is 3.29. The van der Waals surface area contributed by atoms with Gasteiger partial charge in [0.25, 0.3) is 0 Å². The van der Waals surface area contributed by atoms with E-state index in [0.29, 0.717) is 19.0 Å². The van der Waals surface area contributed by atoms with Crippen LogP contribution < -0.4 is 5.73 Å². The molecule has 1 amide bonds. The Bertz CT molecular complexity index is 294. The number of hydrogen-bond acceptors (Lipinski definition) is 3. The number of hydrogen-bond donors (Lipinski definition) is 1. The molecule has 0 atom stereocenters. The Hall–Kier alpha value is -0.610. The van der Waals surface area contributed by atoms with Crippen molar-refractivity contribution < 1.29 is 4.79 Å². The monoisotopic (exact) mass is 267 g/mol. The van der Waals surface area contributed by atoms with Crippen molar-refractivity contribution in [3.63, 3.8) is 0 Å². The van der Waals surface area contributed by atoms with Crippen molar-refractivity contribution in [2.45, 2.75) is 57.4 Å². The fraction of sp³-hybridized carbons (Fsp3) is 0.933. The molecule has 1 saturated carbocycles. The van der Waals surface area contributed by atoms with Crippen LogP contribution in [0.2, 0.25) is 0 Å². The van der Waals surface area contributed by atoms with Crippen LogP contribution >= 0.6 is 0 Å². The lowest BCUT2D eigenvalue weighted by atomic mass is 9.95. The van der Waals surface area contributed by atoms with Gasteiger partial charge in [-0.15, -0.1) is 0 Å². The third-order valence-corrected chi connectivity index (χ3v) is 5.00. The SMILES string of the molecule is CCN(CC(=O)N1CCCCC1)C1(CN)CCCC1. The van der Waals surface area contributed by atoms with Gasteiger partial charge in [-0.25, -0.2) is 0 Å². The van der Waals surface area contributed by atoms with E-state index in [1.54, 1.807) is 0 Å². The molecule has 0 unspecified atom stereocenters. The Morgan fingerprint density at radius 3 is 2.32 bits per heavy atom. The number of nitrogens with zero attached hydrogens (tertiary/aromatic N) is 2. The Kier molecular flexibility index (Phi) is 5.22. The lowest BCUT2D eigenvalue weighted by Crippen LogP contribution is -2.55. The minimum atomic E-state index is 0.0974. The largest absolute Gasteiger partial charge is 0.342 e. The summed E-state index contributed by atoms with van der Waals surface area (Å²) in [5.74, 6) is 0.307. The minimum Gasteiger partial charge on any atom is -0.342 e. The fourth-order valence-corrected chi connectivity index (χ4v) is 3.70. The highest BCUT2D eigenvalue weighted by atomic mass is 16.2. The van der Waals surface area contributed by atoms with Crippen molar-refractivity contribution in [3.8, 4) is 0 Å². The van der Waals surface area contributed by atoms with Crippen LogP contribution in [0.4, 0.5) is 0 Å². The molecule has 1 aliphatic carbocycles. The first kappa shape index (κ1) is 14.8. The maximum absolute atomic E-state index is 12.4. The second-order valence-corrected chi connectivity index (χ2v) is 6.09. The van der Waals surface area contributed by atoms with Gasteiger partial charge in [0.05, 0.1) is 6.54 Å². The molecule has 19 heavy (non-hydrogen) atoms. The molecule has 2 fully saturated rings.